The van der Waals surface area contributed by atoms with Crippen LogP contribution in [0, 0.1) is 5.92 Å². The molecule has 0 radical (unpaired) electrons. The summed E-state index contributed by atoms with van der Waals surface area (Å²) in [6, 6.07) is 6.97. The van der Waals surface area contributed by atoms with Crippen molar-refractivity contribution in [3.8, 4) is 0 Å². The number of hydrogen-bond acceptors (Lipinski definition) is 6. The first-order chi connectivity index (χ1) is 14.7. The number of likely N-dealkylation sites (N-methyl/N-ethyl adjacent to an activating group) is 1. The molecule has 0 spiro atoms. The quantitative estimate of drug-likeness (QED) is 0.232. The van der Waals surface area contributed by atoms with E-state index in [0.717, 1.165) is 0 Å². The molecule has 1 aromatic rings. The van der Waals surface area contributed by atoms with Gasteiger partial charge in [0, 0.05) is 0 Å². The van der Waals surface area contributed by atoms with Crippen molar-refractivity contribution in [3.05, 3.63) is 29.8 Å². The third kappa shape index (κ3) is 11.4. The van der Waals surface area contributed by atoms with Crippen LogP contribution in [0.25, 0.3) is 0 Å². The van der Waals surface area contributed by atoms with Gasteiger partial charge in [0.2, 0.25) is 0 Å². The van der Waals surface area contributed by atoms with Crippen molar-refractivity contribution in [2.24, 2.45) is 5.92 Å². The minimum atomic E-state index is -0.626. The molecule has 0 saturated heterocycles. The molecular weight excluding hydrogens is 601 g/mol. The van der Waals surface area contributed by atoms with E-state index in [0.29, 0.717) is 50.7 Å². The Balaban J connectivity index is 2.75. The van der Waals surface area contributed by atoms with Gasteiger partial charge in [-0.05, 0) is 48.6 Å². The van der Waals surface area contributed by atoms with E-state index in [-0.39, 0.29) is 18.3 Å². The Morgan fingerprint density at radius 3 is 2.12 bits per heavy atom. The number of esters is 2. The third-order valence-corrected chi connectivity index (χ3v) is 5.86. The molecule has 2 N–H and O–H groups in total. The molecule has 2 atom stereocenters. The van der Waals surface area contributed by atoms with Crippen LogP contribution in [0.1, 0.15) is 71.2 Å². The van der Waals surface area contributed by atoms with Crippen LogP contribution in [0.2, 0.25) is 0 Å². The predicted molar refractivity (Wildman–Crippen MR) is 126 cm³/mol. The molecule has 0 aromatic heterocycles. The van der Waals surface area contributed by atoms with Crippen molar-refractivity contribution >= 4 is 46.7 Å². The fourth-order valence-electron chi connectivity index (χ4n) is 3.04. The molecule has 0 aliphatic carbocycles. The smallest absolute Gasteiger partial charge is 0.459 e. The first kappa shape index (κ1) is 28.5. The van der Waals surface area contributed by atoms with Gasteiger partial charge in [0.1, 0.15) is 5.60 Å². The van der Waals surface area contributed by atoms with E-state index in [1.54, 1.807) is 13.1 Å². The molecular formula is C24H37N2O5Tl. The van der Waals surface area contributed by atoms with Crippen LogP contribution in [0.15, 0.2) is 24.3 Å². The maximum atomic E-state index is 12.8. The maximum absolute atomic E-state index is 12.8. The zero-order valence-corrected chi connectivity index (χ0v) is 24.9. The number of ether oxygens (including phenoxy) is 2. The van der Waals surface area contributed by atoms with Crippen molar-refractivity contribution in [2.45, 2.75) is 78.0 Å². The second-order valence-electron chi connectivity index (χ2n) is 9.86. The van der Waals surface area contributed by atoms with Gasteiger partial charge in [-0.2, -0.15) is 0 Å². The topological polar surface area (TPSA) is 93.7 Å². The summed E-state index contributed by atoms with van der Waals surface area (Å²) < 4.78 is 12.2. The number of hydrogen-bond donors (Lipinski definition) is 2. The van der Waals surface area contributed by atoms with Crippen LogP contribution in [-0.4, -0.2) is 74.4 Å². The van der Waals surface area contributed by atoms with Crippen LogP contribution < -0.4 is 13.8 Å². The van der Waals surface area contributed by atoms with E-state index in [9.17, 15) is 14.4 Å². The van der Waals surface area contributed by atoms with Gasteiger partial charge in [-0.15, -0.1) is 0 Å². The number of amides is 1. The molecule has 1 aromatic carbocycles. The van der Waals surface area contributed by atoms with Gasteiger partial charge in [0.05, 0.1) is 0 Å². The van der Waals surface area contributed by atoms with E-state index in [2.05, 4.69) is 10.6 Å². The summed E-state index contributed by atoms with van der Waals surface area (Å²) in [5, 5.41) is 5.87. The third-order valence-electron chi connectivity index (χ3n) is 4.46. The first-order valence-corrected chi connectivity index (χ1v) is 13.2. The van der Waals surface area contributed by atoms with Crippen molar-refractivity contribution < 1.29 is 23.9 Å². The fourth-order valence-corrected chi connectivity index (χ4v) is 4.17. The van der Waals surface area contributed by atoms with Crippen molar-refractivity contribution in [3.63, 3.8) is 0 Å². The van der Waals surface area contributed by atoms with E-state index in [1.165, 1.54) is 3.12 Å². The summed E-state index contributed by atoms with van der Waals surface area (Å²) >= 11 is 0.674. The van der Waals surface area contributed by atoms with Crippen LogP contribution in [0.3, 0.4) is 0 Å². The van der Waals surface area contributed by atoms with Gasteiger partial charge in [-0.3, -0.25) is 4.79 Å². The molecule has 0 fully saturated rings. The minimum Gasteiger partial charge on any atom is -0.459 e. The van der Waals surface area contributed by atoms with Crippen LogP contribution >= 0.6 is 0 Å². The zero-order chi connectivity index (χ0) is 24.5. The van der Waals surface area contributed by atoms with Crippen LogP contribution in [0.5, 0.6) is 0 Å². The summed E-state index contributed by atoms with van der Waals surface area (Å²) in [5.74, 6) is -1.37. The van der Waals surface area contributed by atoms with E-state index >= 15 is 0 Å². The SMILES string of the molecule is CNC(C[C@H](CCCNC(=O)c1ccc[c]([Tl])c1)C(=O)OC(C)(C)C)C(=O)OC(C)(C)C. The van der Waals surface area contributed by atoms with Gasteiger partial charge >= 0.3 is 145 Å². The van der Waals surface area contributed by atoms with E-state index in [1.807, 2.05) is 59.7 Å². The van der Waals surface area contributed by atoms with Crippen molar-refractivity contribution in [1.82, 2.24) is 10.6 Å². The standard InChI is InChI=1S/C24H37N2O5.Tl/c1-23(2,3)30-21(28)18(16-19(25-7)22(29)31-24(4,5)6)14-11-15-26-20(27)17-12-9-8-10-13-17;/h8-9,12-13,18-19,25H,11,14-16H2,1-7H3,(H,26,27);/t18-,19?;/m0./s1. The van der Waals surface area contributed by atoms with Gasteiger partial charge < -0.3 is 4.74 Å². The molecule has 176 valence electrons. The molecule has 7 nitrogen and oxygen atoms in total. The molecule has 8 heteroatoms. The summed E-state index contributed by atoms with van der Waals surface area (Å²) in [4.78, 5) is 37.7. The van der Waals surface area contributed by atoms with Gasteiger partial charge in [-0.25, -0.2) is 0 Å². The number of rotatable bonds is 10. The Kier molecular flexibility index (Phi) is 11.3. The monoisotopic (exact) mass is 638 g/mol. The molecule has 32 heavy (non-hydrogen) atoms. The summed E-state index contributed by atoms with van der Waals surface area (Å²) in [6.45, 7) is 11.3. The predicted octanol–water partition coefficient (Wildman–Crippen LogP) is 2.27. The van der Waals surface area contributed by atoms with E-state index in [4.69, 9.17) is 9.47 Å². The van der Waals surface area contributed by atoms with Gasteiger partial charge in [0.15, 0.2) is 0 Å². The van der Waals surface area contributed by atoms with Crippen molar-refractivity contribution in [1.29, 1.82) is 0 Å². The Morgan fingerprint density at radius 2 is 1.59 bits per heavy atom. The average Bonchev–Trinajstić information content (AvgIpc) is 2.64. The Morgan fingerprint density at radius 1 is 1.00 bits per heavy atom. The normalized spacial score (nSPS) is 13.7. The summed E-state index contributed by atoms with van der Waals surface area (Å²) in [5.41, 5.74) is -0.593. The second-order valence-corrected chi connectivity index (χ2v) is 12.5. The second kappa shape index (κ2) is 12.7. The molecule has 1 amide bonds. The molecule has 0 heterocycles. The Labute approximate surface area is 208 Å². The summed E-state index contributed by atoms with van der Waals surface area (Å²) in [6.07, 6.45) is 1.33. The summed E-state index contributed by atoms with van der Waals surface area (Å²) in [7, 11) is 1.67. The van der Waals surface area contributed by atoms with E-state index < -0.39 is 29.1 Å². The van der Waals surface area contributed by atoms with Gasteiger partial charge in [-0.1, -0.05) is 0 Å². The molecule has 0 bridgehead atoms. The Bertz CT molecular complexity index is 783. The zero-order valence-electron chi connectivity index (χ0n) is 20.4. The number of carbonyl (C=O) groups is 3. The fraction of sp³-hybridized carbons (Fsp3) is 0.625. The van der Waals surface area contributed by atoms with Gasteiger partial charge in [0.25, 0.3) is 0 Å². The number of nitrogens with one attached hydrogen (secondary N) is 2. The van der Waals surface area contributed by atoms with Crippen molar-refractivity contribution in [2.75, 3.05) is 13.6 Å². The first-order valence-electron chi connectivity index (χ1n) is 11.0. The molecule has 0 aliphatic heterocycles. The number of benzene rings is 1. The Hall–Kier alpha value is -1.49. The molecule has 0 aliphatic rings. The molecule has 1 unspecified atom stereocenters. The van der Waals surface area contributed by atoms with Crippen LogP contribution in [-0.2, 0) is 19.1 Å². The number of carbonyl (C=O) groups excluding carboxylic acids is 3. The molecule has 0 saturated carbocycles. The molecule has 1 rings (SSSR count). The minimum absolute atomic E-state index is 0.122. The van der Waals surface area contributed by atoms with Crippen LogP contribution in [0.4, 0.5) is 0 Å². The average molecular weight is 638 g/mol.